The second-order valence-corrected chi connectivity index (χ2v) is 6.37. The van der Waals surface area contributed by atoms with Gasteiger partial charge in [-0.2, -0.15) is 0 Å². The molecule has 20 heavy (non-hydrogen) atoms. The summed E-state index contributed by atoms with van der Waals surface area (Å²) >= 11 is 3.53. The van der Waals surface area contributed by atoms with E-state index in [1.165, 1.54) is 12.0 Å². The van der Waals surface area contributed by atoms with E-state index >= 15 is 0 Å². The first-order valence-corrected chi connectivity index (χ1v) is 8.09. The van der Waals surface area contributed by atoms with Crippen molar-refractivity contribution in [1.29, 1.82) is 0 Å². The van der Waals surface area contributed by atoms with E-state index < -0.39 is 0 Å². The Labute approximate surface area is 130 Å². The number of hydrogen-bond acceptors (Lipinski definition) is 3. The molecule has 0 radical (unpaired) electrons. The SMILES string of the molecule is CNC(C)c1ccc(Br)cc1OC1CCCC(OC)C1. The molecule has 0 aliphatic heterocycles. The van der Waals surface area contributed by atoms with Crippen molar-refractivity contribution in [1.82, 2.24) is 5.32 Å². The van der Waals surface area contributed by atoms with Crippen molar-refractivity contribution in [2.45, 2.75) is 50.9 Å². The molecule has 1 aliphatic carbocycles. The van der Waals surface area contributed by atoms with Crippen LogP contribution in [0.1, 0.15) is 44.2 Å². The molecule has 0 aromatic heterocycles. The number of benzene rings is 1. The Bertz CT molecular complexity index is 438. The van der Waals surface area contributed by atoms with E-state index in [4.69, 9.17) is 9.47 Å². The van der Waals surface area contributed by atoms with Crippen LogP contribution in [0.15, 0.2) is 22.7 Å². The number of methoxy groups -OCH3 is 1. The molecule has 3 unspecified atom stereocenters. The standard InChI is InChI=1S/C16H24BrNO2/c1-11(18-2)15-8-7-12(17)9-16(15)20-14-6-4-5-13(10-14)19-3/h7-9,11,13-14,18H,4-6,10H2,1-3H3. The molecule has 4 heteroatoms. The summed E-state index contributed by atoms with van der Waals surface area (Å²) < 4.78 is 12.8. The first kappa shape index (κ1) is 15.8. The Morgan fingerprint density at radius 1 is 1.30 bits per heavy atom. The topological polar surface area (TPSA) is 30.5 Å². The quantitative estimate of drug-likeness (QED) is 0.875. The minimum absolute atomic E-state index is 0.255. The van der Waals surface area contributed by atoms with Crippen molar-refractivity contribution >= 4 is 15.9 Å². The van der Waals surface area contributed by atoms with Crippen LogP contribution in [0, 0.1) is 0 Å². The Morgan fingerprint density at radius 3 is 2.75 bits per heavy atom. The lowest BCUT2D eigenvalue weighted by molar-refractivity contribution is 0.0205. The zero-order chi connectivity index (χ0) is 14.5. The molecule has 1 aromatic rings. The van der Waals surface area contributed by atoms with Crippen LogP contribution < -0.4 is 10.1 Å². The molecule has 0 amide bonds. The minimum atomic E-state index is 0.255. The first-order chi connectivity index (χ1) is 9.63. The fourth-order valence-corrected chi connectivity index (χ4v) is 3.07. The molecule has 1 N–H and O–H groups in total. The van der Waals surface area contributed by atoms with Crippen molar-refractivity contribution in [3.05, 3.63) is 28.2 Å². The number of rotatable bonds is 5. The lowest BCUT2D eigenvalue weighted by Gasteiger charge is -2.30. The molecular formula is C16H24BrNO2. The molecule has 1 aliphatic rings. The Balaban J connectivity index is 2.13. The maximum absolute atomic E-state index is 6.27. The number of hydrogen-bond donors (Lipinski definition) is 1. The number of ether oxygens (including phenoxy) is 2. The highest BCUT2D eigenvalue weighted by Crippen LogP contribution is 2.32. The summed E-state index contributed by atoms with van der Waals surface area (Å²) in [5.74, 6) is 0.975. The highest BCUT2D eigenvalue weighted by molar-refractivity contribution is 9.10. The molecule has 3 nitrogen and oxygen atoms in total. The van der Waals surface area contributed by atoms with Crippen molar-refractivity contribution in [3.63, 3.8) is 0 Å². The van der Waals surface area contributed by atoms with E-state index in [1.807, 2.05) is 7.05 Å². The summed E-state index contributed by atoms with van der Waals surface area (Å²) in [6, 6.07) is 6.53. The second kappa shape index (κ2) is 7.43. The van der Waals surface area contributed by atoms with E-state index in [1.54, 1.807) is 7.11 Å². The average Bonchev–Trinajstić information content (AvgIpc) is 2.47. The van der Waals surface area contributed by atoms with Gasteiger partial charge >= 0.3 is 0 Å². The van der Waals surface area contributed by atoms with Crippen LogP contribution in [0.4, 0.5) is 0 Å². The monoisotopic (exact) mass is 341 g/mol. The predicted octanol–water partition coefficient (Wildman–Crippen LogP) is 4.07. The summed E-state index contributed by atoms with van der Waals surface area (Å²) in [7, 11) is 3.76. The molecule has 0 heterocycles. The van der Waals surface area contributed by atoms with E-state index in [0.29, 0.717) is 6.10 Å². The molecule has 1 aromatic carbocycles. The highest BCUT2D eigenvalue weighted by Gasteiger charge is 2.24. The maximum atomic E-state index is 6.27. The predicted molar refractivity (Wildman–Crippen MR) is 85.3 cm³/mol. The van der Waals surface area contributed by atoms with E-state index in [0.717, 1.165) is 29.5 Å². The van der Waals surface area contributed by atoms with Gasteiger partial charge in [-0.1, -0.05) is 22.0 Å². The molecule has 112 valence electrons. The van der Waals surface area contributed by atoms with Gasteiger partial charge in [0.05, 0.1) is 6.10 Å². The van der Waals surface area contributed by atoms with Gasteiger partial charge in [-0.3, -0.25) is 0 Å². The van der Waals surface area contributed by atoms with Gasteiger partial charge < -0.3 is 14.8 Å². The molecule has 0 bridgehead atoms. The van der Waals surface area contributed by atoms with Gasteiger partial charge in [0.25, 0.3) is 0 Å². The van der Waals surface area contributed by atoms with E-state index in [2.05, 4.69) is 46.4 Å². The molecule has 2 rings (SSSR count). The Hall–Kier alpha value is -0.580. The summed E-state index contributed by atoms with van der Waals surface area (Å²) in [5, 5.41) is 3.28. The van der Waals surface area contributed by atoms with Crippen molar-refractivity contribution in [2.75, 3.05) is 14.2 Å². The van der Waals surface area contributed by atoms with Crippen molar-refractivity contribution in [2.24, 2.45) is 0 Å². The maximum Gasteiger partial charge on any atom is 0.125 e. The van der Waals surface area contributed by atoms with Crippen LogP contribution in [0.3, 0.4) is 0 Å². The second-order valence-electron chi connectivity index (χ2n) is 5.46. The smallest absolute Gasteiger partial charge is 0.125 e. The minimum Gasteiger partial charge on any atom is -0.490 e. The molecule has 0 spiro atoms. The fraction of sp³-hybridized carbons (Fsp3) is 0.625. The van der Waals surface area contributed by atoms with Gasteiger partial charge in [0.1, 0.15) is 11.9 Å². The third kappa shape index (κ3) is 3.96. The van der Waals surface area contributed by atoms with Crippen LogP contribution in [-0.2, 0) is 4.74 Å². The summed E-state index contributed by atoms with van der Waals surface area (Å²) in [4.78, 5) is 0. The Morgan fingerprint density at radius 2 is 2.05 bits per heavy atom. The Kier molecular flexibility index (Phi) is 5.87. The normalized spacial score (nSPS) is 24.4. The van der Waals surface area contributed by atoms with Gasteiger partial charge in [-0.25, -0.2) is 0 Å². The lowest BCUT2D eigenvalue weighted by atomic mass is 9.94. The average molecular weight is 342 g/mol. The van der Waals surface area contributed by atoms with Crippen LogP contribution in [-0.4, -0.2) is 26.4 Å². The molecule has 0 saturated heterocycles. The number of nitrogens with one attached hydrogen (secondary N) is 1. The third-order valence-corrected chi connectivity index (χ3v) is 4.57. The first-order valence-electron chi connectivity index (χ1n) is 7.30. The molecule has 1 fully saturated rings. The summed E-state index contributed by atoms with van der Waals surface area (Å²) in [6.45, 7) is 2.15. The van der Waals surface area contributed by atoms with Crippen molar-refractivity contribution < 1.29 is 9.47 Å². The zero-order valence-electron chi connectivity index (χ0n) is 12.5. The number of halogens is 1. The highest BCUT2D eigenvalue weighted by atomic mass is 79.9. The van der Waals surface area contributed by atoms with Crippen molar-refractivity contribution in [3.8, 4) is 5.75 Å². The van der Waals surface area contributed by atoms with Gasteiger partial charge in [0.15, 0.2) is 0 Å². The van der Waals surface area contributed by atoms with E-state index in [-0.39, 0.29) is 12.1 Å². The molecular weight excluding hydrogens is 318 g/mol. The van der Waals surface area contributed by atoms with Gasteiger partial charge in [-0.05, 0) is 45.4 Å². The lowest BCUT2D eigenvalue weighted by Crippen LogP contribution is -2.30. The van der Waals surface area contributed by atoms with Gasteiger partial charge in [-0.15, -0.1) is 0 Å². The third-order valence-electron chi connectivity index (χ3n) is 4.08. The molecule has 3 atom stereocenters. The van der Waals surface area contributed by atoms with Gasteiger partial charge in [0.2, 0.25) is 0 Å². The van der Waals surface area contributed by atoms with Crippen LogP contribution >= 0.6 is 15.9 Å². The van der Waals surface area contributed by atoms with Crippen LogP contribution in [0.25, 0.3) is 0 Å². The fourth-order valence-electron chi connectivity index (χ4n) is 2.73. The van der Waals surface area contributed by atoms with Crippen LogP contribution in [0.5, 0.6) is 5.75 Å². The van der Waals surface area contributed by atoms with E-state index in [9.17, 15) is 0 Å². The largest absolute Gasteiger partial charge is 0.490 e. The zero-order valence-corrected chi connectivity index (χ0v) is 14.1. The summed E-state index contributed by atoms with van der Waals surface area (Å²) in [5.41, 5.74) is 1.20. The van der Waals surface area contributed by atoms with Crippen LogP contribution in [0.2, 0.25) is 0 Å². The summed E-state index contributed by atoms with van der Waals surface area (Å²) in [6.07, 6.45) is 5.01. The van der Waals surface area contributed by atoms with Gasteiger partial charge in [0, 0.05) is 29.6 Å². The molecule has 1 saturated carbocycles.